The maximum Gasteiger partial charge on any atom is 0.168 e. The molecule has 0 fully saturated rings. The van der Waals surface area contributed by atoms with E-state index in [0.29, 0.717) is 5.69 Å². The monoisotopic (exact) mass is 258 g/mol. The summed E-state index contributed by atoms with van der Waals surface area (Å²) in [6, 6.07) is 5.90. The molecular weight excluding hydrogens is 240 g/mol. The van der Waals surface area contributed by atoms with E-state index < -0.39 is 0 Å². The van der Waals surface area contributed by atoms with E-state index in [2.05, 4.69) is 11.9 Å². The molecule has 2 rings (SSSR count). The van der Waals surface area contributed by atoms with Crippen LogP contribution in [-0.2, 0) is 13.5 Å². The maximum absolute atomic E-state index is 11.2. The highest BCUT2D eigenvalue weighted by Gasteiger charge is 2.14. The lowest BCUT2D eigenvalue weighted by atomic mass is 10.0. The van der Waals surface area contributed by atoms with Crippen molar-refractivity contribution in [2.75, 3.05) is 7.11 Å². The molecule has 1 aromatic carbocycles. The van der Waals surface area contributed by atoms with Crippen molar-refractivity contribution in [1.29, 1.82) is 0 Å². The first-order valence-electron chi connectivity index (χ1n) is 6.28. The number of hydrogen-bond acceptors (Lipinski definition) is 3. The number of rotatable bonds is 4. The van der Waals surface area contributed by atoms with Crippen LogP contribution >= 0.6 is 0 Å². The van der Waals surface area contributed by atoms with Crippen molar-refractivity contribution >= 4 is 6.29 Å². The number of carbonyl (C=O) groups is 1. The fourth-order valence-corrected chi connectivity index (χ4v) is 2.18. The van der Waals surface area contributed by atoms with Gasteiger partial charge in [0.2, 0.25) is 0 Å². The molecule has 4 heteroatoms. The minimum absolute atomic E-state index is 0.602. The molecule has 100 valence electrons. The van der Waals surface area contributed by atoms with Crippen molar-refractivity contribution in [2.45, 2.75) is 20.3 Å². The van der Waals surface area contributed by atoms with Gasteiger partial charge in [-0.25, -0.2) is 4.98 Å². The van der Waals surface area contributed by atoms with Crippen molar-refractivity contribution in [3.63, 3.8) is 0 Å². The van der Waals surface area contributed by atoms with E-state index in [1.165, 1.54) is 0 Å². The van der Waals surface area contributed by atoms with E-state index in [-0.39, 0.29) is 0 Å². The van der Waals surface area contributed by atoms with Crippen LogP contribution in [0.1, 0.15) is 28.8 Å². The number of imidazole rings is 1. The summed E-state index contributed by atoms with van der Waals surface area (Å²) >= 11 is 0. The molecule has 0 N–H and O–H groups in total. The summed E-state index contributed by atoms with van der Waals surface area (Å²) in [6.45, 7) is 3.96. The van der Waals surface area contributed by atoms with E-state index in [0.717, 1.165) is 41.1 Å². The van der Waals surface area contributed by atoms with Crippen molar-refractivity contribution in [1.82, 2.24) is 9.55 Å². The quantitative estimate of drug-likeness (QED) is 0.792. The molecule has 0 unspecified atom stereocenters. The van der Waals surface area contributed by atoms with Crippen LogP contribution in [0.3, 0.4) is 0 Å². The maximum atomic E-state index is 11.2. The normalized spacial score (nSPS) is 10.5. The summed E-state index contributed by atoms with van der Waals surface area (Å²) < 4.78 is 7.12. The van der Waals surface area contributed by atoms with Crippen molar-refractivity contribution in [3.8, 4) is 17.0 Å². The topological polar surface area (TPSA) is 44.1 Å². The van der Waals surface area contributed by atoms with Gasteiger partial charge in [0.25, 0.3) is 0 Å². The fraction of sp³-hybridized carbons (Fsp3) is 0.333. The van der Waals surface area contributed by atoms with Crippen molar-refractivity contribution in [2.24, 2.45) is 7.05 Å². The molecule has 19 heavy (non-hydrogen) atoms. The fourth-order valence-electron chi connectivity index (χ4n) is 2.18. The van der Waals surface area contributed by atoms with Gasteiger partial charge in [-0.1, -0.05) is 6.92 Å². The number of aldehydes is 1. The number of aryl methyl sites for hydroxylation is 2. The second kappa shape index (κ2) is 5.26. The van der Waals surface area contributed by atoms with E-state index in [4.69, 9.17) is 4.74 Å². The molecule has 0 radical (unpaired) electrons. The molecule has 0 aliphatic carbocycles. The Balaban J connectivity index is 2.59. The molecule has 0 saturated carbocycles. The lowest BCUT2D eigenvalue weighted by Crippen LogP contribution is -1.97. The molecule has 4 nitrogen and oxygen atoms in total. The zero-order chi connectivity index (χ0) is 14.0. The van der Waals surface area contributed by atoms with Crippen LogP contribution in [0.5, 0.6) is 5.75 Å². The number of ether oxygens (including phenoxy) is 1. The van der Waals surface area contributed by atoms with Gasteiger partial charge in [0.1, 0.15) is 17.3 Å². The molecule has 1 aromatic heterocycles. The lowest BCUT2D eigenvalue weighted by Gasteiger charge is -2.08. The van der Waals surface area contributed by atoms with Gasteiger partial charge in [-0.15, -0.1) is 0 Å². The zero-order valence-electron chi connectivity index (χ0n) is 11.7. The summed E-state index contributed by atoms with van der Waals surface area (Å²) in [5.74, 6) is 1.69. The van der Waals surface area contributed by atoms with Gasteiger partial charge in [0.15, 0.2) is 6.29 Å². The molecule has 1 heterocycles. The van der Waals surface area contributed by atoms with Gasteiger partial charge >= 0.3 is 0 Å². The highest BCUT2D eigenvalue weighted by Crippen LogP contribution is 2.28. The molecule has 0 amide bonds. The number of methoxy groups -OCH3 is 1. The first-order chi connectivity index (χ1) is 9.12. The van der Waals surface area contributed by atoms with Gasteiger partial charge in [-0.2, -0.15) is 0 Å². The smallest absolute Gasteiger partial charge is 0.168 e. The highest BCUT2D eigenvalue weighted by atomic mass is 16.5. The molecule has 0 saturated heterocycles. The summed E-state index contributed by atoms with van der Waals surface area (Å²) in [5, 5.41) is 0. The Morgan fingerprint density at radius 2 is 2.16 bits per heavy atom. The van der Waals surface area contributed by atoms with Gasteiger partial charge in [0.05, 0.1) is 12.8 Å². The van der Waals surface area contributed by atoms with E-state index in [9.17, 15) is 4.79 Å². The number of aromatic nitrogens is 2. The summed E-state index contributed by atoms with van der Waals surface area (Å²) in [6.07, 6.45) is 1.73. The van der Waals surface area contributed by atoms with Gasteiger partial charge < -0.3 is 9.30 Å². The first kappa shape index (κ1) is 13.3. The van der Waals surface area contributed by atoms with Crippen molar-refractivity contribution in [3.05, 3.63) is 35.3 Å². The van der Waals surface area contributed by atoms with E-state index >= 15 is 0 Å². The Morgan fingerprint density at radius 1 is 1.42 bits per heavy atom. The summed E-state index contributed by atoms with van der Waals surface area (Å²) in [4.78, 5) is 15.7. The van der Waals surface area contributed by atoms with Crippen LogP contribution in [0, 0.1) is 6.92 Å². The van der Waals surface area contributed by atoms with Crippen LogP contribution in [0.4, 0.5) is 0 Å². The van der Waals surface area contributed by atoms with Crippen LogP contribution in [0.2, 0.25) is 0 Å². The Hall–Kier alpha value is -2.10. The van der Waals surface area contributed by atoms with E-state index in [1.54, 1.807) is 11.7 Å². The Bertz CT molecular complexity index is 615. The summed E-state index contributed by atoms with van der Waals surface area (Å²) in [5.41, 5.74) is 3.39. The Labute approximate surface area is 113 Å². The molecular formula is C15H18N2O2. The predicted molar refractivity (Wildman–Crippen MR) is 74.7 cm³/mol. The average molecular weight is 258 g/mol. The third-order valence-electron chi connectivity index (χ3n) is 3.41. The largest absolute Gasteiger partial charge is 0.496 e. The van der Waals surface area contributed by atoms with Crippen LogP contribution in [0.25, 0.3) is 11.3 Å². The van der Waals surface area contributed by atoms with Gasteiger partial charge in [-0.3, -0.25) is 4.79 Å². The molecule has 0 spiro atoms. The number of carbonyl (C=O) groups excluding carboxylic acids is 1. The molecule has 0 bridgehead atoms. The highest BCUT2D eigenvalue weighted by molar-refractivity contribution is 5.84. The van der Waals surface area contributed by atoms with Gasteiger partial charge in [0, 0.05) is 12.6 Å². The number of hydrogen-bond donors (Lipinski definition) is 0. The number of nitrogens with zero attached hydrogens (tertiary/aromatic N) is 2. The average Bonchev–Trinajstić information content (AvgIpc) is 2.73. The Morgan fingerprint density at radius 3 is 2.74 bits per heavy atom. The standard InChI is InChI=1S/C15H18N2O2/c1-5-11-8-12(6-7-14(11)19-4)15-13(9-18)17(3)10(2)16-15/h6-9H,5H2,1-4H3. The SMILES string of the molecule is CCc1cc(-c2nc(C)n(C)c2C=O)ccc1OC. The zero-order valence-corrected chi connectivity index (χ0v) is 11.7. The second-order valence-electron chi connectivity index (χ2n) is 4.45. The van der Waals surface area contributed by atoms with Crippen LogP contribution in [-0.4, -0.2) is 22.9 Å². The first-order valence-corrected chi connectivity index (χ1v) is 6.28. The third kappa shape index (κ3) is 2.26. The molecule has 0 atom stereocenters. The lowest BCUT2D eigenvalue weighted by molar-refractivity contribution is 0.111. The van der Waals surface area contributed by atoms with E-state index in [1.807, 2.05) is 32.2 Å². The third-order valence-corrected chi connectivity index (χ3v) is 3.41. The van der Waals surface area contributed by atoms with Crippen LogP contribution in [0.15, 0.2) is 18.2 Å². The van der Waals surface area contributed by atoms with Crippen molar-refractivity contribution < 1.29 is 9.53 Å². The predicted octanol–water partition coefficient (Wildman–Crippen LogP) is 2.78. The number of benzene rings is 1. The van der Waals surface area contributed by atoms with Crippen LogP contribution < -0.4 is 4.74 Å². The second-order valence-corrected chi connectivity index (χ2v) is 4.45. The molecule has 0 aliphatic heterocycles. The Kier molecular flexibility index (Phi) is 3.69. The molecule has 2 aromatic rings. The molecule has 0 aliphatic rings. The minimum Gasteiger partial charge on any atom is -0.496 e. The minimum atomic E-state index is 0.602. The van der Waals surface area contributed by atoms with Gasteiger partial charge in [-0.05, 0) is 37.1 Å². The summed E-state index contributed by atoms with van der Waals surface area (Å²) in [7, 11) is 3.51.